The molecule has 0 aromatic heterocycles. The van der Waals surface area contributed by atoms with Gasteiger partial charge < -0.3 is 10.2 Å². The summed E-state index contributed by atoms with van der Waals surface area (Å²) in [6, 6.07) is 4.29. The lowest BCUT2D eigenvalue weighted by atomic mass is 10.2. The molecule has 0 saturated heterocycles. The number of hydrogen-bond donors (Lipinski definition) is 1. The molecule has 0 spiro atoms. The molecule has 0 bridgehead atoms. The fourth-order valence-electron chi connectivity index (χ4n) is 1.39. The van der Waals surface area contributed by atoms with Crippen LogP contribution in [0.15, 0.2) is 18.2 Å². The molecule has 0 radical (unpaired) electrons. The minimum atomic E-state index is -2.41. The summed E-state index contributed by atoms with van der Waals surface area (Å²) >= 11 is 6.02. The third-order valence-corrected chi connectivity index (χ3v) is 2.50. The van der Waals surface area contributed by atoms with E-state index >= 15 is 0 Å². The van der Waals surface area contributed by atoms with Crippen molar-refractivity contribution in [1.82, 2.24) is 0 Å². The Morgan fingerprint density at radius 1 is 1.31 bits per heavy atom. The van der Waals surface area contributed by atoms with Crippen LogP contribution in [0.2, 0.25) is 5.02 Å². The van der Waals surface area contributed by atoms with Crippen molar-refractivity contribution >= 4 is 23.0 Å². The van der Waals surface area contributed by atoms with Gasteiger partial charge in [0.1, 0.15) is 0 Å². The zero-order valence-electron chi connectivity index (χ0n) is 9.47. The van der Waals surface area contributed by atoms with Crippen molar-refractivity contribution in [3.05, 3.63) is 23.2 Å². The van der Waals surface area contributed by atoms with Crippen LogP contribution in [0.4, 0.5) is 20.2 Å². The molecular formula is C11H15ClF2N2. The van der Waals surface area contributed by atoms with Gasteiger partial charge >= 0.3 is 0 Å². The Kier molecular flexibility index (Phi) is 4.35. The topological polar surface area (TPSA) is 15.3 Å². The van der Waals surface area contributed by atoms with Crippen LogP contribution in [-0.2, 0) is 0 Å². The first-order valence-electron chi connectivity index (χ1n) is 4.94. The molecule has 1 atom stereocenters. The molecule has 0 amide bonds. The Morgan fingerprint density at radius 2 is 1.94 bits per heavy atom. The first kappa shape index (κ1) is 13.0. The molecule has 0 saturated carbocycles. The molecule has 1 aromatic carbocycles. The van der Waals surface area contributed by atoms with Crippen LogP contribution in [0.25, 0.3) is 0 Å². The third-order valence-electron chi connectivity index (χ3n) is 2.20. The molecule has 0 aliphatic carbocycles. The zero-order valence-corrected chi connectivity index (χ0v) is 10.2. The fraction of sp³-hybridized carbons (Fsp3) is 0.455. The molecule has 2 nitrogen and oxygen atoms in total. The standard InChI is InChI=1S/C11H15ClF2N2/c1-7(11(13)14)15-9-6-4-5-8(12)10(9)16(2)3/h4-7,11,15H,1-3H3. The second-order valence-electron chi connectivity index (χ2n) is 3.80. The molecule has 1 unspecified atom stereocenters. The number of alkyl halides is 2. The quantitative estimate of drug-likeness (QED) is 0.878. The van der Waals surface area contributed by atoms with E-state index in [0.29, 0.717) is 10.7 Å². The van der Waals surface area contributed by atoms with Crippen molar-refractivity contribution < 1.29 is 8.78 Å². The summed E-state index contributed by atoms with van der Waals surface area (Å²) in [5.74, 6) is 0. The van der Waals surface area contributed by atoms with Crippen LogP contribution in [0.1, 0.15) is 6.92 Å². The number of benzene rings is 1. The highest BCUT2D eigenvalue weighted by atomic mass is 35.5. The van der Waals surface area contributed by atoms with Crippen molar-refractivity contribution in [3.63, 3.8) is 0 Å². The predicted octanol–water partition coefficient (Wildman–Crippen LogP) is 3.47. The largest absolute Gasteiger partial charge is 0.375 e. The maximum Gasteiger partial charge on any atom is 0.258 e. The van der Waals surface area contributed by atoms with E-state index in [4.69, 9.17) is 11.6 Å². The number of nitrogens with zero attached hydrogens (tertiary/aromatic N) is 1. The average Bonchev–Trinajstić information content (AvgIpc) is 2.16. The minimum absolute atomic E-state index is 0.538. The number of hydrogen-bond acceptors (Lipinski definition) is 2. The lowest BCUT2D eigenvalue weighted by Crippen LogP contribution is -2.25. The van der Waals surface area contributed by atoms with Gasteiger partial charge in [-0.3, -0.25) is 0 Å². The molecular weight excluding hydrogens is 234 g/mol. The smallest absolute Gasteiger partial charge is 0.258 e. The van der Waals surface area contributed by atoms with Gasteiger partial charge in [-0.25, -0.2) is 8.78 Å². The SMILES string of the molecule is CC(Nc1cccc(Cl)c1N(C)C)C(F)F. The Labute approximate surface area is 99.2 Å². The maximum absolute atomic E-state index is 12.4. The first-order chi connectivity index (χ1) is 7.43. The van der Waals surface area contributed by atoms with Gasteiger partial charge in [0.2, 0.25) is 0 Å². The summed E-state index contributed by atoms with van der Waals surface area (Å²) in [5.41, 5.74) is 1.34. The second-order valence-corrected chi connectivity index (χ2v) is 4.21. The molecule has 90 valence electrons. The lowest BCUT2D eigenvalue weighted by Gasteiger charge is -2.22. The van der Waals surface area contributed by atoms with E-state index in [2.05, 4.69) is 5.32 Å². The number of nitrogens with one attached hydrogen (secondary N) is 1. The molecule has 1 aromatic rings. The van der Waals surface area contributed by atoms with E-state index in [-0.39, 0.29) is 0 Å². The minimum Gasteiger partial charge on any atom is -0.375 e. The zero-order chi connectivity index (χ0) is 12.3. The number of anilines is 2. The summed E-state index contributed by atoms with van der Waals surface area (Å²) in [5, 5.41) is 3.29. The highest BCUT2D eigenvalue weighted by molar-refractivity contribution is 6.34. The van der Waals surface area contributed by atoms with Crippen LogP contribution in [0, 0.1) is 0 Å². The molecule has 0 fully saturated rings. The summed E-state index contributed by atoms with van der Waals surface area (Å²) in [6.07, 6.45) is -2.41. The van der Waals surface area contributed by atoms with Gasteiger partial charge in [-0.15, -0.1) is 0 Å². The lowest BCUT2D eigenvalue weighted by molar-refractivity contribution is 0.131. The Bertz CT molecular complexity index is 356. The number of rotatable bonds is 4. The van der Waals surface area contributed by atoms with Crippen molar-refractivity contribution in [2.24, 2.45) is 0 Å². The molecule has 16 heavy (non-hydrogen) atoms. The fourth-order valence-corrected chi connectivity index (χ4v) is 1.74. The van der Waals surface area contributed by atoms with Gasteiger partial charge in [0.15, 0.2) is 0 Å². The predicted molar refractivity (Wildman–Crippen MR) is 64.9 cm³/mol. The Morgan fingerprint density at radius 3 is 2.44 bits per heavy atom. The van der Waals surface area contributed by atoms with Gasteiger partial charge in [-0.1, -0.05) is 17.7 Å². The van der Waals surface area contributed by atoms with Gasteiger partial charge in [0.25, 0.3) is 6.43 Å². The van der Waals surface area contributed by atoms with Gasteiger partial charge in [0.05, 0.1) is 22.4 Å². The highest BCUT2D eigenvalue weighted by Crippen LogP contribution is 2.33. The summed E-state index contributed by atoms with van der Waals surface area (Å²) in [7, 11) is 3.64. The third kappa shape index (κ3) is 2.98. The monoisotopic (exact) mass is 248 g/mol. The number of halogens is 3. The van der Waals surface area contributed by atoms with E-state index in [1.807, 2.05) is 14.1 Å². The van der Waals surface area contributed by atoms with Crippen LogP contribution in [0.5, 0.6) is 0 Å². The van der Waals surface area contributed by atoms with E-state index in [0.717, 1.165) is 5.69 Å². The van der Waals surface area contributed by atoms with E-state index in [1.165, 1.54) is 6.92 Å². The molecule has 5 heteroatoms. The van der Waals surface area contributed by atoms with Crippen LogP contribution < -0.4 is 10.2 Å². The van der Waals surface area contributed by atoms with Crippen molar-refractivity contribution in [2.75, 3.05) is 24.3 Å². The molecule has 1 N–H and O–H groups in total. The van der Waals surface area contributed by atoms with Crippen LogP contribution in [-0.4, -0.2) is 26.6 Å². The van der Waals surface area contributed by atoms with Crippen molar-refractivity contribution in [3.8, 4) is 0 Å². The summed E-state index contributed by atoms with van der Waals surface area (Å²) in [4.78, 5) is 1.79. The molecule has 0 aliphatic heterocycles. The van der Waals surface area contributed by atoms with Crippen molar-refractivity contribution in [2.45, 2.75) is 19.4 Å². The Balaban J connectivity index is 2.99. The van der Waals surface area contributed by atoms with E-state index < -0.39 is 12.5 Å². The second kappa shape index (κ2) is 5.34. The van der Waals surface area contributed by atoms with Crippen LogP contribution in [0.3, 0.4) is 0 Å². The number of para-hydroxylation sites is 1. The summed E-state index contributed by atoms with van der Waals surface area (Å²) < 4.78 is 24.9. The molecule has 0 heterocycles. The first-order valence-corrected chi connectivity index (χ1v) is 5.31. The van der Waals surface area contributed by atoms with E-state index in [1.54, 1.807) is 23.1 Å². The van der Waals surface area contributed by atoms with E-state index in [9.17, 15) is 8.78 Å². The van der Waals surface area contributed by atoms with Gasteiger partial charge in [0, 0.05) is 14.1 Å². The maximum atomic E-state index is 12.4. The van der Waals surface area contributed by atoms with Gasteiger partial charge in [-0.05, 0) is 19.1 Å². The van der Waals surface area contributed by atoms with Crippen LogP contribution >= 0.6 is 11.6 Å². The highest BCUT2D eigenvalue weighted by Gasteiger charge is 2.17. The Hall–Kier alpha value is -1.03. The summed E-state index contributed by atoms with van der Waals surface area (Å²) in [6.45, 7) is 1.44. The molecule has 1 rings (SSSR count). The molecule has 0 aliphatic rings. The van der Waals surface area contributed by atoms with Crippen molar-refractivity contribution in [1.29, 1.82) is 0 Å². The normalized spacial score (nSPS) is 12.7. The van der Waals surface area contributed by atoms with Gasteiger partial charge in [-0.2, -0.15) is 0 Å². The average molecular weight is 249 g/mol.